The second-order valence-corrected chi connectivity index (χ2v) is 5.21. The van der Waals surface area contributed by atoms with Gasteiger partial charge >= 0.3 is 0 Å². The monoisotopic (exact) mass is 264 g/mol. The number of benzene rings is 1. The summed E-state index contributed by atoms with van der Waals surface area (Å²) in [7, 11) is 5.53. The van der Waals surface area contributed by atoms with Crippen molar-refractivity contribution >= 4 is 0 Å². The minimum Gasteiger partial charge on any atom is -0.497 e. The Labute approximate surface area is 115 Å². The first-order valence-electron chi connectivity index (χ1n) is 6.85. The highest BCUT2D eigenvalue weighted by Crippen LogP contribution is 2.23. The number of likely N-dealkylation sites (N-methyl/N-ethyl adjacent to an activating group) is 1. The largest absolute Gasteiger partial charge is 0.497 e. The minimum atomic E-state index is 0.637. The molecular formula is C15H24N2O2. The highest BCUT2D eigenvalue weighted by molar-refractivity contribution is 5.38. The van der Waals surface area contributed by atoms with Crippen LogP contribution < -0.4 is 14.8 Å². The average Bonchev–Trinajstić information content (AvgIpc) is 2.90. The van der Waals surface area contributed by atoms with E-state index in [0.29, 0.717) is 6.04 Å². The van der Waals surface area contributed by atoms with Crippen molar-refractivity contribution in [2.24, 2.45) is 0 Å². The SMILES string of the molecule is COc1cc(CN(C)CC2CCCN2)cc(OC)c1. The van der Waals surface area contributed by atoms with Crippen LogP contribution in [0.1, 0.15) is 18.4 Å². The van der Waals surface area contributed by atoms with Crippen molar-refractivity contribution < 1.29 is 9.47 Å². The molecule has 1 aliphatic rings. The van der Waals surface area contributed by atoms with Gasteiger partial charge in [0.05, 0.1) is 14.2 Å². The van der Waals surface area contributed by atoms with Gasteiger partial charge in [-0.15, -0.1) is 0 Å². The minimum absolute atomic E-state index is 0.637. The van der Waals surface area contributed by atoms with Gasteiger partial charge < -0.3 is 19.7 Å². The van der Waals surface area contributed by atoms with Gasteiger partial charge in [0.1, 0.15) is 11.5 Å². The smallest absolute Gasteiger partial charge is 0.122 e. The first-order valence-corrected chi connectivity index (χ1v) is 6.85. The molecule has 1 aliphatic heterocycles. The number of nitrogens with zero attached hydrogens (tertiary/aromatic N) is 1. The molecule has 0 spiro atoms. The first-order chi connectivity index (χ1) is 9.21. The predicted molar refractivity (Wildman–Crippen MR) is 76.9 cm³/mol. The van der Waals surface area contributed by atoms with Crippen LogP contribution in [0.4, 0.5) is 0 Å². The zero-order chi connectivity index (χ0) is 13.7. The fraction of sp³-hybridized carbons (Fsp3) is 0.600. The summed E-state index contributed by atoms with van der Waals surface area (Å²) in [5.74, 6) is 1.70. The quantitative estimate of drug-likeness (QED) is 0.850. The van der Waals surface area contributed by atoms with Crippen molar-refractivity contribution in [1.82, 2.24) is 10.2 Å². The molecule has 1 N–H and O–H groups in total. The molecule has 19 heavy (non-hydrogen) atoms. The van der Waals surface area contributed by atoms with Crippen molar-refractivity contribution in [2.45, 2.75) is 25.4 Å². The van der Waals surface area contributed by atoms with E-state index in [9.17, 15) is 0 Å². The molecular weight excluding hydrogens is 240 g/mol. The summed E-state index contributed by atoms with van der Waals surface area (Å²) in [6.07, 6.45) is 2.58. The Kier molecular flexibility index (Phi) is 5.05. The molecule has 4 nitrogen and oxygen atoms in total. The summed E-state index contributed by atoms with van der Waals surface area (Å²) in [5.41, 5.74) is 1.22. The fourth-order valence-corrected chi connectivity index (χ4v) is 2.62. The second kappa shape index (κ2) is 6.78. The zero-order valence-corrected chi connectivity index (χ0v) is 12.1. The maximum absolute atomic E-state index is 5.30. The molecule has 1 unspecified atom stereocenters. The maximum Gasteiger partial charge on any atom is 0.122 e. The molecule has 0 aliphatic carbocycles. The van der Waals surface area contributed by atoms with Crippen LogP contribution in [0, 0.1) is 0 Å². The highest BCUT2D eigenvalue weighted by Gasteiger charge is 2.16. The molecule has 0 bridgehead atoms. The first kappa shape index (κ1) is 14.2. The van der Waals surface area contributed by atoms with Crippen LogP contribution in [-0.2, 0) is 6.54 Å². The Bertz CT molecular complexity index is 381. The Morgan fingerprint density at radius 1 is 1.21 bits per heavy atom. The molecule has 4 heteroatoms. The number of hydrogen-bond acceptors (Lipinski definition) is 4. The van der Waals surface area contributed by atoms with Crippen LogP contribution in [0.3, 0.4) is 0 Å². The molecule has 1 heterocycles. The maximum atomic E-state index is 5.30. The van der Waals surface area contributed by atoms with E-state index in [-0.39, 0.29) is 0 Å². The van der Waals surface area contributed by atoms with Crippen molar-refractivity contribution in [3.8, 4) is 11.5 Å². The standard InChI is InChI=1S/C15H24N2O2/c1-17(11-13-5-4-6-16-13)10-12-7-14(18-2)9-15(8-12)19-3/h7-9,13,16H,4-6,10-11H2,1-3H3. The van der Waals surface area contributed by atoms with Gasteiger partial charge in [0.2, 0.25) is 0 Å². The van der Waals surface area contributed by atoms with Crippen LogP contribution >= 0.6 is 0 Å². The lowest BCUT2D eigenvalue weighted by Crippen LogP contribution is -2.34. The van der Waals surface area contributed by atoms with Crippen molar-refractivity contribution in [1.29, 1.82) is 0 Å². The van der Waals surface area contributed by atoms with E-state index in [2.05, 4.69) is 29.4 Å². The van der Waals surface area contributed by atoms with Crippen LogP contribution in [0.15, 0.2) is 18.2 Å². The number of nitrogens with one attached hydrogen (secondary N) is 1. The number of rotatable bonds is 6. The van der Waals surface area contributed by atoms with Crippen molar-refractivity contribution in [2.75, 3.05) is 34.4 Å². The van der Waals surface area contributed by atoms with Crippen LogP contribution in [-0.4, -0.2) is 45.3 Å². The Morgan fingerprint density at radius 3 is 2.42 bits per heavy atom. The van der Waals surface area contributed by atoms with Gasteiger partial charge in [0.25, 0.3) is 0 Å². The van der Waals surface area contributed by atoms with E-state index in [1.807, 2.05) is 6.07 Å². The molecule has 106 valence electrons. The molecule has 1 fully saturated rings. The highest BCUT2D eigenvalue weighted by atomic mass is 16.5. The van der Waals surface area contributed by atoms with Gasteiger partial charge in [0, 0.05) is 25.2 Å². The van der Waals surface area contributed by atoms with Gasteiger partial charge in [-0.25, -0.2) is 0 Å². The van der Waals surface area contributed by atoms with Crippen molar-refractivity contribution in [3.63, 3.8) is 0 Å². The third-order valence-corrected chi connectivity index (χ3v) is 3.56. The third kappa shape index (κ3) is 4.11. The van der Waals surface area contributed by atoms with E-state index in [4.69, 9.17) is 9.47 Å². The summed E-state index contributed by atoms with van der Waals surface area (Å²) in [4.78, 5) is 2.34. The van der Waals surface area contributed by atoms with Gasteiger partial charge in [-0.05, 0) is 44.1 Å². The summed E-state index contributed by atoms with van der Waals surface area (Å²) < 4.78 is 10.6. The lowest BCUT2D eigenvalue weighted by atomic mass is 10.1. The van der Waals surface area contributed by atoms with E-state index in [1.54, 1.807) is 14.2 Å². The van der Waals surface area contributed by atoms with E-state index >= 15 is 0 Å². The molecule has 0 aromatic heterocycles. The number of ether oxygens (including phenoxy) is 2. The molecule has 0 saturated carbocycles. The van der Waals surface area contributed by atoms with Crippen LogP contribution in [0.2, 0.25) is 0 Å². The molecule has 1 saturated heterocycles. The summed E-state index contributed by atoms with van der Waals surface area (Å²) in [6, 6.07) is 6.68. The average molecular weight is 264 g/mol. The number of methoxy groups -OCH3 is 2. The molecule has 2 rings (SSSR count). The van der Waals surface area contributed by atoms with E-state index < -0.39 is 0 Å². The molecule has 0 amide bonds. The topological polar surface area (TPSA) is 33.7 Å². The normalized spacial score (nSPS) is 18.8. The fourth-order valence-electron chi connectivity index (χ4n) is 2.62. The van der Waals surface area contributed by atoms with Gasteiger partial charge in [0.15, 0.2) is 0 Å². The van der Waals surface area contributed by atoms with Gasteiger partial charge in [-0.2, -0.15) is 0 Å². The Balaban J connectivity index is 1.96. The van der Waals surface area contributed by atoms with Crippen LogP contribution in [0.25, 0.3) is 0 Å². The Morgan fingerprint density at radius 2 is 1.89 bits per heavy atom. The van der Waals surface area contributed by atoms with Crippen molar-refractivity contribution in [3.05, 3.63) is 23.8 Å². The van der Waals surface area contributed by atoms with Crippen LogP contribution in [0.5, 0.6) is 11.5 Å². The molecule has 0 radical (unpaired) electrons. The summed E-state index contributed by atoms with van der Waals surface area (Å²) in [5, 5.41) is 3.53. The summed E-state index contributed by atoms with van der Waals surface area (Å²) in [6.45, 7) is 3.15. The third-order valence-electron chi connectivity index (χ3n) is 3.56. The second-order valence-electron chi connectivity index (χ2n) is 5.21. The molecule has 1 aromatic carbocycles. The van der Waals surface area contributed by atoms with E-state index in [1.165, 1.54) is 18.4 Å². The zero-order valence-electron chi connectivity index (χ0n) is 12.1. The van der Waals surface area contributed by atoms with Gasteiger partial charge in [-0.3, -0.25) is 0 Å². The summed E-state index contributed by atoms with van der Waals surface area (Å²) >= 11 is 0. The molecule has 1 aromatic rings. The predicted octanol–water partition coefficient (Wildman–Crippen LogP) is 1.89. The Hall–Kier alpha value is -1.26. The van der Waals surface area contributed by atoms with E-state index in [0.717, 1.165) is 31.1 Å². The van der Waals surface area contributed by atoms with Gasteiger partial charge in [-0.1, -0.05) is 0 Å². The molecule has 1 atom stereocenters. The lowest BCUT2D eigenvalue weighted by molar-refractivity contribution is 0.292. The number of hydrogen-bond donors (Lipinski definition) is 1. The lowest BCUT2D eigenvalue weighted by Gasteiger charge is -2.21.